The molecule has 2 aromatic rings. The molecule has 1 aliphatic carbocycles. The lowest BCUT2D eigenvalue weighted by Gasteiger charge is -2.33. The average Bonchev–Trinajstić information content (AvgIpc) is 3.34. The molecule has 1 fully saturated rings. The zero-order chi connectivity index (χ0) is 21.5. The number of fused-ring (bicyclic) bond motifs is 1. The summed E-state index contributed by atoms with van der Waals surface area (Å²) in [4.78, 5) is 16.0. The van der Waals surface area contributed by atoms with E-state index < -0.39 is 0 Å². The Morgan fingerprint density at radius 1 is 1.23 bits per heavy atom. The molecule has 0 bridgehead atoms. The fourth-order valence-electron chi connectivity index (χ4n) is 4.56. The van der Waals surface area contributed by atoms with Crippen molar-refractivity contribution in [3.63, 3.8) is 0 Å². The van der Waals surface area contributed by atoms with E-state index >= 15 is 0 Å². The molecule has 0 radical (unpaired) electrons. The second kappa shape index (κ2) is 7.87. The van der Waals surface area contributed by atoms with E-state index in [0.29, 0.717) is 12.4 Å². The van der Waals surface area contributed by atoms with E-state index in [4.69, 9.17) is 5.41 Å². The van der Waals surface area contributed by atoms with Gasteiger partial charge in [0.25, 0.3) is 0 Å². The fourth-order valence-corrected chi connectivity index (χ4v) is 4.56. The van der Waals surface area contributed by atoms with Crippen LogP contribution in [0.25, 0.3) is 11.1 Å². The molecule has 31 heavy (non-hydrogen) atoms. The molecule has 1 aromatic carbocycles. The van der Waals surface area contributed by atoms with E-state index in [9.17, 15) is 4.79 Å². The standard InChI is InChI=1S/C24H30N6O/c1-16(31)29-9-8-22(26-12-17-3-4-17)21(15-29)24(25)30-10-7-18-5-6-19(11-23(18)30)20-13-27-28(2)14-20/h5-6,11,13-14,17,25-26H,3-4,7-10,12,15H2,1-2H3. The molecule has 2 aliphatic heterocycles. The Bertz CT molecular complexity index is 1060. The lowest BCUT2D eigenvalue weighted by molar-refractivity contribution is -0.128. The molecule has 7 heteroatoms. The van der Waals surface area contributed by atoms with Gasteiger partial charge in [0.2, 0.25) is 5.91 Å². The minimum absolute atomic E-state index is 0.0761. The molecule has 0 atom stereocenters. The van der Waals surface area contributed by atoms with Crippen LogP contribution in [0.15, 0.2) is 41.9 Å². The van der Waals surface area contributed by atoms with Crippen molar-refractivity contribution >= 4 is 17.4 Å². The number of benzene rings is 1. The molecule has 7 nitrogen and oxygen atoms in total. The molecule has 0 spiro atoms. The number of amidine groups is 1. The average molecular weight is 419 g/mol. The Kier molecular flexibility index (Phi) is 5.04. The van der Waals surface area contributed by atoms with Crippen molar-refractivity contribution in [3.8, 4) is 11.1 Å². The molecule has 1 saturated carbocycles. The van der Waals surface area contributed by atoms with E-state index in [1.807, 2.05) is 29.0 Å². The van der Waals surface area contributed by atoms with Crippen LogP contribution in [0.5, 0.6) is 0 Å². The lowest BCUT2D eigenvalue weighted by Crippen LogP contribution is -2.43. The largest absolute Gasteiger partial charge is 0.388 e. The monoisotopic (exact) mass is 418 g/mol. The van der Waals surface area contributed by atoms with Gasteiger partial charge in [-0.1, -0.05) is 12.1 Å². The highest BCUT2D eigenvalue weighted by molar-refractivity contribution is 6.10. The van der Waals surface area contributed by atoms with Gasteiger partial charge in [-0.15, -0.1) is 0 Å². The number of aromatic nitrogens is 2. The molecule has 3 aliphatic rings. The number of rotatable bonds is 5. The van der Waals surface area contributed by atoms with Gasteiger partial charge in [-0.2, -0.15) is 5.10 Å². The second-order valence-electron chi connectivity index (χ2n) is 8.97. The van der Waals surface area contributed by atoms with Crippen LogP contribution in [0.1, 0.15) is 31.7 Å². The third kappa shape index (κ3) is 3.96. The smallest absolute Gasteiger partial charge is 0.219 e. The number of nitrogens with zero attached hydrogens (tertiary/aromatic N) is 4. The summed E-state index contributed by atoms with van der Waals surface area (Å²) >= 11 is 0. The van der Waals surface area contributed by atoms with Crippen molar-refractivity contribution in [1.29, 1.82) is 5.41 Å². The maximum atomic E-state index is 12.1. The zero-order valence-corrected chi connectivity index (χ0v) is 18.3. The van der Waals surface area contributed by atoms with Crippen molar-refractivity contribution in [2.45, 2.75) is 32.6 Å². The molecule has 0 unspecified atom stereocenters. The van der Waals surface area contributed by atoms with Gasteiger partial charge in [0.05, 0.1) is 12.7 Å². The van der Waals surface area contributed by atoms with Gasteiger partial charge >= 0.3 is 0 Å². The first-order chi connectivity index (χ1) is 15.0. The Balaban J connectivity index is 1.45. The number of aryl methyl sites for hydroxylation is 1. The summed E-state index contributed by atoms with van der Waals surface area (Å²) in [6.07, 6.45) is 8.20. The van der Waals surface area contributed by atoms with Crippen LogP contribution in [0.2, 0.25) is 0 Å². The lowest BCUT2D eigenvalue weighted by atomic mass is 10.0. The summed E-state index contributed by atoms with van der Waals surface area (Å²) in [6, 6.07) is 6.49. The summed E-state index contributed by atoms with van der Waals surface area (Å²) in [5, 5.41) is 17.0. The second-order valence-corrected chi connectivity index (χ2v) is 8.97. The first-order valence-corrected chi connectivity index (χ1v) is 11.2. The predicted octanol–water partition coefficient (Wildman–Crippen LogP) is 2.93. The number of amides is 1. The van der Waals surface area contributed by atoms with Crippen molar-refractivity contribution in [2.24, 2.45) is 13.0 Å². The predicted molar refractivity (Wildman–Crippen MR) is 122 cm³/mol. The van der Waals surface area contributed by atoms with Gasteiger partial charge in [-0.3, -0.25) is 14.9 Å². The zero-order valence-electron chi connectivity index (χ0n) is 18.3. The minimum atomic E-state index is 0.0761. The van der Waals surface area contributed by atoms with E-state index in [1.54, 1.807) is 6.92 Å². The highest BCUT2D eigenvalue weighted by atomic mass is 16.2. The summed E-state index contributed by atoms with van der Waals surface area (Å²) in [5.74, 6) is 1.36. The van der Waals surface area contributed by atoms with Gasteiger partial charge in [-0.25, -0.2) is 0 Å². The number of carbonyl (C=O) groups is 1. The number of hydrogen-bond donors (Lipinski definition) is 2. The minimum Gasteiger partial charge on any atom is -0.388 e. The summed E-state index contributed by atoms with van der Waals surface area (Å²) in [5.41, 5.74) is 6.66. The van der Waals surface area contributed by atoms with Crippen LogP contribution in [-0.2, 0) is 18.3 Å². The Hall–Kier alpha value is -3.09. The first-order valence-electron chi connectivity index (χ1n) is 11.2. The van der Waals surface area contributed by atoms with Gasteiger partial charge < -0.3 is 15.1 Å². The van der Waals surface area contributed by atoms with E-state index in [2.05, 4.69) is 33.5 Å². The maximum absolute atomic E-state index is 12.1. The van der Waals surface area contributed by atoms with Gasteiger partial charge in [0.1, 0.15) is 5.84 Å². The van der Waals surface area contributed by atoms with Crippen LogP contribution in [-0.4, -0.2) is 52.6 Å². The Morgan fingerprint density at radius 3 is 2.77 bits per heavy atom. The maximum Gasteiger partial charge on any atom is 0.219 e. The van der Waals surface area contributed by atoms with Crippen LogP contribution >= 0.6 is 0 Å². The molecular formula is C24H30N6O. The third-order valence-corrected chi connectivity index (χ3v) is 6.67. The number of nitrogens with one attached hydrogen (secondary N) is 2. The summed E-state index contributed by atoms with van der Waals surface area (Å²) < 4.78 is 1.81. The van der Waals surface area contributed by atoms with Crippen LogP contribution in [0, 0.1) is 11.3 Å². The van der Waals surface area contributed by atoms with Crippen molar-refractivity contribution in [2.75, 3.05) is 31.1 Å². The number of hydrogen-bond acceptors (Lipinski definition) is 4. The summed E-state index contributed by atoms with van der Waals surface area (Å²) in [7, 11) is 1.92. The van der Waals surface area contributed by atoms with Crippen LogP contribution in [0.3, 0.4) is 0 Å². The highest BCUT2D eigenvalue weighted by Gasteiger charge is 2.31. The van der Waals surface area contributed by atoms with E-state index in [0.717, 1.165) is 66.5 Å². The van der Waals surface area contributed by atoms with Gasteiger partial charge in [-0.05, 0) is 42.4 Å². The topological polar surface area (TPSA) is 77.2 Å². The molecule has 3 heterocycles. The number of anilines is 1. The fraction of sp³-hybridized carbons (Fsp3) is 0.458. The van der Waals surface area contributed by atoms with E-state index in [1.165, 1.54) is 18.4 Å². The number of carbonyl (C=O) groups excluding carboxylic acids is 1. The first kappa shape index (κ1) is 19.8. The highest BCUT2D eigenvalue weighted by Crippen LogP contribution is 2.35. The van der Waals surface area contributed by atoms with Crippen LogP contribution in [0.4, 0.5) is 5.69 Å². The Labute approximate surface area is 183 Å². The van der Waals surface area contributed by atoms with E-state index in [-0.39, 0.29) is 5.91 Å². The molecule has 2 N–H and O–H groups in total. The van der Waals surface area contributed by atoms with Gasteiger partial charge in [0, 0.05) is 68.7 Å². The Morgan fingerprint density at radius 2 is 2.06 bits per heavy atom. The van der Waals surface area contributed by atoms with Crippen molar-refractivity contribution < 1.29 is 4.79 Å². The normalized spacial score (nSPS) is 18.4. The molecular weight excluding hydrogens is 388 g/mol. The van der Waals surface area contributed by atoms with Crippen molar-refractivity contribution in [3.05, 3.63) is 47.4 Å². The van der Waals surface area contributed by atoms with Crippen LogP contribution < -0.4 is 10.2 Å². The third-order valence-electron chi connectivity index (χ3n) is 6.67. The van der Waals surface area contributed by atoms with Gasteiger partial charge in [0.15, 0.2) is 0 Å². The molecule has 1 aromatic heterocycles. The quantitative estimate of drug-likeness (QED) is 0.578. The SMILES string of the molecule is CC(=O)N1CCC(NCC2CC2)=C(C(=N)N2CCc3ccc(-c4cnn(C)c4)cc32)C1. The molecule has 1 amide bonds. The molecule has 0 saturated heterocycles. The van der Waals surface area contributed by atoms with Crippen molar-refractivity contribution in [1.82, 2.24) is 20.0 Å². The molecule has 162 valence electrons. The molecule has 5 rings (SSSR count). The summed E-state index contributed by atoms with van der Waals surface area (Å²) in [6.45, 7) is 4.63.